The molecular formula is C22H23ClN2O2. The number of hydrogen-bond donors (Lipinski definition) is 1. The van der Waals surface area contributed by atoms with Gasteiger partial charge in [0.15, 0.2) is 11.5 Å². The van der Waals surface area contributed by atoms with Gasteiger partial charge < -0.3 is 14.8 Å². The fourth-order valence-electron chi connectivity index (χ4n) is 2.63. The van der Waals surface area contributed by atoms with Crippen LogP contribution in [0, 0.1) is 0 Å². The minimum absolute atomic E-state index is 0.467. The molecule has 0 fully saturated rings. The Morgan fingerprint density at radius 3 is 2.44 bits per heavy atom. The summed E-state index contributed by atoms with van der Waals surface area (Å²) in [6.45, 7) is 4.47. The summed E-state index contributed by atoms with van der Waals surface area (Å²) in [6, 6.07) is 19.6. The van der Waals surface area contributed by atoms with Gasteiger partial charge in [-0.3, -0.25) is 4.98 Å². The normalized spacial score (nSPS) is 10.6. The molecule has 0 aliphatic heterocycles. The van der Waals surface area contributed by atoms with Crippen LogP contribution in [-0.2, 0) is 19.7 Å². The molecule has 0 aliphatic rings. The lowest BCUT2D eigenvalue weighted by Crippen LogP contribution is -2.13. The van der Waals surface area contributed by atoms with Crippen LogP contribution in [0.15, 0.2) is 66.9 Å². The van der Waals surface area contributed by atoms with Gasteiger partial charge in [0.05, 0.1) is 12.3 Å². The van der Waals surface area contributed by atoms with Crippen molar-refractivity contribution in [2.45, 2.75) is 26.6 Å². The topological polar surface area (TPSA) is 43.4 Å². The van der Waals surface area contributed by atoms with Crippen LogP contribution >= 0.6 is 11.6 Å². The van der Waals surface area contributed by atoms with Crippen LogP contribution in [0.1, 0.15) is 23.7 Å². The van der Waals surface area contributed by atoms with Crippen molar-refractivity contribution in [1.82, 2.24) is 10.3 Å². The Bertz CT molecular complexity index is 839. The Morgan fingerprint density at radius 1 is 0.889 bits per heavy atom. The van der Waals surface area contributed by atoms with Gasteiger partial charge in [0, 0.05) is 24.3 Å². The van der Waals surface area contributed by atoms with Crippen LogP contribution in [0.3, 0.4) is 0 Å². The summed E-state index contributed by atoms with van der Waals surface area (Å²) >= 11 is 5.92. The molecule has 0 radical (unpaired) electrons. The number of rotatable bonds is 9. The van der Waals surface area contributed by atoms with Gasteiger partial charge in [-0.15, -0.1) is 0 Å². The summed E-state index contributed by atoms with van der Waals surface area (Å²) < 4.78 is 11.7. The summed E-state index contributed by atoms with van der Waals surface area (Å²) in [4.78, 5) is 4.31. The molecule has 0 saturated heterocycles. The van der Waals surface area contributed by atoms with Crippen molar-refractivity contribution < 1.29 is 9.47 Å². The number of hydrogen-bond acceptors (Lipinski definition) is 4. The van der Waals surface area contributed by atoms with Crippen LogP contribution in [0.2, 0.25) is 5.02 Å². The first-order valence-corrected chi connectivity index (χ1v) is 9.36. The predicted molar refractivity (Wildman–Crippen MR) is 108 cm³/mol. The maximum Gasteiger partial charge on any atom is 0.161 e. The van der Waals surface area contributed by atoms with E-state index in [1.807, 2.05) is 67.6 Å². The van der Waals surface area contributed by atoms with Crippen LogP contribution in [0.25, 0.3) is 0 Å². The Hall–Kier alpha value is -2.56. The molecule has 3 aromatic rings. The highest BCUT2D eigenvalue weighted by atomic mass is 35.5. The largest absolute Gasteiger partial charge is 0.490 e. The molecule has 0 spiro atoms. The molecule has 140 valence electrons. The molecule has 0 unspecified atom stereocenters. The minimum atomic E-state index is 0.467. The van der Waals surface area contributed by atoms with Crippen LogP contribution in [0.4, 0.5) is 0 Å². The Kier molecular flexibility index (Phi) is 7.08. The molecule has 4 nitrogen and oxygen atoms in total. The van der Waals surface area contributed by atoms with E-state index in [-0.39, 0.29) is 0 Å². The molecule has 0 saturated carbocycles. The maximum atomic E-state index is 5.95. The monoisotopic (exact) mass is 382 g/mol. The van der Waals surface area contributed by atoms with Gasteiger partial charge in [-0.2, -0.15) is 0 Å². The maximum absolute atomic E-state index is 5.95. The quantitative estimate of drug-likeness (QED) is 0.565. The van der Waals surface area contributed by atoms with Crippen molar-refractivity contribution in [1.29, 1.82) is 0 Å². The third-order valence-electron chi connectivity index (χ3n) is 3.98. The van der Waals surface area contributed by atoms with Crippen LogP contribution in [-0.4, -0.2) is 11.6 Å². The number of nitrogens with zero attached hydrogens (tertiary/aromatic N) is 1. The molecule has 5 heteroatoms. The SMILES string of the molecule is CCOc1cc(CNCc2ccccn2)ccc1OCc1ccc(Cl)cc1. The van der Waals surface area contributed by atoms with Gasteiger partial charge in [-0.05, 0) is 54.4 Å². The second-order valence-electron chi connectivity index (χ2n) is 6.05. The molecule has 1 N–H and O–H groups in total. The van der Waals surface area contributed by atoms with Crippen molar-refractivity contribution in [3.05, 3.63) is 88.7 Å². The number of nitrogens with one attached hydrogen (secondary N) is 1. The van der Waals surface area contributed by atoms with Gasteiger partial charge in [-0.25, -0.2) is 0 Å². The highest BCUT2D eigenvalue weighted by Crippen LogP contribution is 2.29. The number of pyridine rings is 1. The lowest BCUT2D eigenvalue weighted by molar-refractivity contribution is 0.269. The van der Waals surface area contributed by atoms with Crippen molar-refractivity contribution in [2.24, 2.45) is 0 Å². The first-order valence-electron chi connectivity index (χ1n) is 8.98. The van der Waals surface area contributed by atoms with E-state index in [2.05, 4.69) is 10.3 Å². The zero-order valence-corrected chi connectivity index (χ0v) is 16.1. The number of benzene rings is 2. The van der Waals surface area contributed by atoms with Crippen molar-refractivity contribution in [3.63, 3.8) is 0 Å². The molecule has 0 bridgehead atoms. The van der Waals surface area contributed by atoms with E-state index in [0.717, 1.165) is 46.4 Å². The van der Waals surface area contributed by atoms with E-state index in [1.165, 1.54) is 0 Å². The average Bonchev–Trinajstić information content (AvgIpc) is 2.70. The molecule has 1 heterocycles. The van der Waals surface area contributed by atoms with Crippen molar-refractivity contribution in [3.8, 4) is 11.5 Å². The molecule has 2 aromatic carbocycles. The summed E-state index contributed by atoms with van der Waals surface area (Å²) in [6.07, 6.45) is 1.80. The molecule has 1 aromatic heterocycles. The molecule has 3 rings (SSSR count). The fourth-order valence-corrected chi connectivity index (χ4v) is 2.76. The molecule has 0 atom stereocenters. The number of aromatic nitrogens is 1. The predicted octanol–water partition coefficient (Wildman–Crippen LogP) is 5.00. The van der Waals surface area contributed by atoms with E-state index in [1.54, 1.807) is 6.20 Å². The third-order valence-corrected chi connectivity index (χ3v) is 4.23. The number of halogens is 1. The summed E-state index contributed by atoms with van der Waals surface area (Å²) in [5.41, 5.74) is 3.21. The lowest BCUT2D eigenvalue weighted by atomic mass is 10.2. The summed E-state index contributed by atoms with van der Waals surface area (Å²) in [7, 11) is 0. The van der Waals surface area contributed by atoms with Crippen LogP contribution < -0.4 is 14.8 Å². The molecule has 0 amide bonds. The van der Waals surface area contributed by atoms with E-state index in [0.29, 0.717) is 13.2 Å². The Morgan fingerprint density at radius 2 is 1.70 bits per heavy atom. The van der Waals surface area contributed by atoms with Gasteiger partial charge in [0.25, 0.3) is 0 Å². The summed E-state index contributed by atoms with van der Waals surface area (Å²) in [5.74, 6) is 1.49. The minimum Gasteiger partial charge on any atom is -0.490 e. The highest BCUT2D eigenvalue weighted by Gasteiger charge is 2.07. The van der Waals surface area contributed by atoms with Gasteiger partial charge in [-0.1, -0.05) is 35.9 Å². The summed E-state index contributed by atoms with van der Waals surface area (Å²) in [5, 5.41) is 4.12. The number of ether oxygens (including phenoxy) is 2. The van der Waals surface area contributed by atoms with Gasteiger partial charge >= 0.3 is 0 Å². The molecular weight excluding hydrogens is 360 g/mol. The van der Waals surface area contributed by atoms with Gasteiger partial charge in [0.1, 0.15) is 6.61 Å². The van der Waals surface area contributed by atoms with E-state index >= 15 is 0 Å². The first-order chi connectivity index (χ1) is 13.2. The van der Waals surface area contributed by atoms with E-state index < -0.39 is 0 Å². The second-order valence-corrected chi connectivity index (χ2v) is 6.49. The smallest absolute Gasteiger partial charge is 0.161 e. The Balaban J connectivity index is 1.60. The Labute approximate surface area is 165 Å². The third kappa shape index (κ3) is 5.98. The average molecular weight is 383 g/mol. The second kappa shape index (κ2) is 9.95. The van der Waals surface area contributed by atoms with E-state index in [9.17, 15) is 0 Å². The lowest BCUT2D eigenvalue weighted by Gasteiger charge is -2.14. The van der Waals surface area contributed by atoms with Crippen molar-refractivity contribution in [2.75, 3.05) is 6.61 Å². The van der Waals surface area contributed by atoms with Crippen molar-refractivity contribution >= 4 is 11.6 Å². The zero-order valence-electron chi connectivity index (χ0n) is 15.3. The van der Waals surface area contributed by atoms with E-state index in [4.69, 9.17) is 21.1 Å². The highest BCUT2D eigenvalue weighted by molar-refractivity contribution is 6.30. The zero-order chi connectivity index (χ0) is 18.9. The first kappa shape index (κ1) is 19.2. The van der Waals surface area contributed by atoms with Gasteiger partial charge in [0.2, 0.25) is 0 Å². The fraction of sp³-hybridized carbons (Fsp3) is 0.227. The molecule has 0 aliphatic carbocycles. The standard InChI is InChI=1S/C22H23ClN2O2/c1-2-26-22-13-18(14-24-15-20-5-3-4-12-25-20)8-11-21(22)27-16-17-6-9-19(23)10-7-17/h3-13,24H,2,14-16H2,1H3. The van der Waals surface area contributed by atoms with Crippen LogP contribution in [0.5, 0.6) is 11.5 Å². The molecule has 27 heavy (non-hydrogen) atoms.